The van der Waals surface area contributed by atoms with E-state index < -0.39 is 0 Å². The smallest absolute Gasteiger partial charge is 0.251 e. The summed E-state index contributed by atoms with van der Waals surface area (Å²) in [6.45, 7) is 10.3. The number of amides is 1. The molecule has 0 unspecified atom stereocenters. The van der Waals surface area contributed by atoms with Gasteiger partial charge in [-0.05, 0) is 63.3 Å². The van der Waals surface area contributed by atoms with Crippen LogP contribution >= 0.6 is 35.3 Å². The number of likely N-dealkylation sites (N-methyl/N-ethyl adjacent to an activating group) is 1. The van der Waals surface area contributed by atoms with Crippen molar-refractivity contribution in [1.29, 1.82) is 0 Å². The van der Waals surface area contributed by atoms with Crippen LogP contribution in [-0.4, -0.2) is 42.4 Å². The lowest BCUT2D eigenvalue weighted by atomic mass is 10.1. The van der Waals surface area contributed by atoms with Crippen molar-refractivity contribution in [2.24, 2.45) is 4.99 Å². The fraction of sp³-hybridized carbons (Fsp3) is 0.455. The lowest BCUT2D eigenvalue weighted by Crippen LogP contribution is -2.40. The predicted octanol–water partition coefficient (Wildman–Crippen LogP) is 4.53. The summed E-state index contributed by atoms with van der Waals surface area (Å²) in [6, 6.07) is 11.9. The molecule has 0 bridgehead atoms. The van der Waals surface area contributed by atoms with E-state index in [2.05, 4.69) is 47.0 Å². The van der Waals surface area contributed by atoms with Gasteiger partial charge >= 0.3 is 0 Å². The van der Waals surface area contributed by atoms with Crippen molar-refractivity contribution < 1.29 is 4.79 Å². The third kappa shape index (κ3) is 9.16. The minimum Gasteiger partial charge on any atom is -0.357 e. The standard InChI is InChI=1S/C22H32N4OS.HI/c1-6-23-21(26(5)13-12-19-11-8-14-28-19)24-16-17-9-7-10-18(15-17)20(27)25-22(2,3)4;/h7-11,14-15H,6,12-13,16H2,1-5H3,(H,23,24)(H,25,27);1H. The molecule has 2 aromatic rings. The molecule has 1 heterocycles. The molecule has 0 saturated carbocycles. The second-order valence-corrected chi connectivity index (χ2v) is 8.86. The average Bonchev–Trinajstić information content (AvgIpc) is 3.15. The zero-order valence-electron chi connectivity index (χ0n) is 18.0. The Morgan fingerprint density at radius 2 is 1.97 bits per heavy atom. The minimum atomic E-state index is -0.255. The Hall–Kier alpha value is -1.61. The van der Waals surface area contributed by atoms with Crippen LogP contribution in [0.1, 0.15) is 48.5 Å². The zero-order valence-corrected chi connectivity index (χ0v) is 21.1. The van der Waals surface area contributed by atoms with E-state index in [1.807, 2.05) is 45.0 Å². The Kier molecular flexibility index (Phi) is 10.7. The van der Waals surface area contributed by atoms with E-state index in [1.54, 1.807) is 11.3 Å². The van der Waals surface area contributed by atoms with Gasteiger partial charge in [0.1, 0.15) is 0 Å². The summed E-state index contributed by atoms with van der Waals surface area (Å²) in [6.07, 6.45) is 1.00. The fourth-order valence-electron chi connectivity index (χ4n) is 2.70. The van der Waals surface area contributed by atoms with Crippen LogP contribution < -0.4 is 10.6 Å². The number of halogens is 1. The molecule has 5 nitrogen and oxygen atoms in total. The van der Waals surface area contributed by atoms with Gasteiger partial charge in [0.2, 0.25) is 0 Å². The SMILES string of the molecule is CCNC(=NCc1cccc(C(=O)NC(C)(C)C)c1)N(C)CCc1cccs1.I. The van der Waals surface area contributed by atoms with Gasteiger partial charge in [-0.15, -0.1) is 35.3 Å². The van der Waals surface area contributed by atoms with Crippen molar-refractivity contribution in [1.82, 2.24) is 15.5 Å². The molecule has 1 aromatic heterocycles. The highest BCUT2D eigenvalue weighted by molar-refractivity contribution is 14.0. The maximum atomic E-state index is 12.4. The molecular weight excluding hydrogens is 495 g/mol. The summed E-state index contributed by atoms with van der Waals surface area (Å²) in [5.74, 6) is 0.821. The Bertz CT molecular complexity index is 784. The lowest BCUT2D eigenvalue weighted by molar-refractivity contribution is 0.0919. The molecule has 0 fully saturated rings. The average molecular weight is 529 g/mol. The molecule has 0 aliphatic carbocycles. The van der Waals surface area contributed by atoms with Crippen molar-refractivity contribution in [2.75, 3.05) is 20.1 Å². The van der Waals surface area contributed by atoms with E-state index in [0.29, 0.717) is 12.1 Å². The van der Waals surface area contributed by atoms with Crippen molar-refractivity contribution in [2.45, 2.75) is 46.2 Å². The third-order valence-corrected chi connectivity index (χ3v) is 5.00. The Labute approximate surface area is 196 Å². The van der Waals surface area contributed by atoms with Crippen LogP contribution in [0, 0.1) is 0 Å². The summed E-state index contributed by atoms with van der Waals surface area (Å²) in [7, 11) is 2.06. The van der Waals surface area contributed by atoms with Gasteiger partial charge in [-0.25, -0.2) is 4.99 Å². The largest absolute Gasteiger partial charge is 0.357 e. The Morgan fingerprint density at radius 3 is 2.59 bits per heavy atom. The van der Waals surface area contributed by atoms with Crippen LogP contribution in [0.25, 0.3) is 0 Å². The molecule has 0 saturated heterocycles. The van der Waals surface area contributed by atoms with Crippen LogP contribution in [-0.2, 0) is 13.0 Å². The first-order chi connectivity index (χ1) is 13.3. The molecule has 1 amide bonds. The molecule has 29 heavy (non-hydrogen) atoms. The number of nitrogens with one attached hydrogen (secondary N) is 2. The van der Waals surface area contributed by atoms with Crippen LogP contribution in [0.5, 0.6) is 0 Å². The Balaban J connectivity index is 0.00000420. The first-order valence-corrected chi connectivity index (χ1v) is 10.6. The van der Waals surface area contributed by atoms with Gasteiger partial charge in [-0.1, -0.05) is 18.2 Å². The highest BCUT2D eigenvalue weighted by atomic mass is 127. The Morgan fingerprint density at radius 1 is 1.21 bits per heavy atom. The number of benzene rings is 1. The van der Waals surface area contributed by atoms with Crippen molar-refractivity contribution in [3.63, 3.8) is 0 Å². The number of hydrogen-bond acceptors (Lipinski definition) is 3. The molecule has 0 radical (unpaired) electrons. The summed E-state index contributed by atoms with van der Waals surface area (Å²) < 4.78 is 0. The zero-order chi connectivity index (χ0) is 20.6. The second kappa shape index (κ2) is 12.2. The number of nitrogens with zero attached hydrogens (tertiary/aromatic N) is 2. The van der Waals surface area contributed by atoms with Gasteiger partial charge in [-0.3, -0.25) is 4.79 Å². The number of carbonyl (C=O) groups is 1. The minimum absolute atomic E-state index is 0. The van der Waals surface area contributed by atoms with E-state index in [4.69, 9.17) is 4.99 Å². The quantitative estimate of drug-likeness (QED) is 0.316. The summed E-state index contributed by atoms with van der Waals surface area (Å²) in [5.41, 5.74) is 1.43. The van der Waals surface area contributed by atoms with E-state index in [0.717, 1.165) is 31.0 Å². The number of carbonyl (C=O) groups excluding carboxylic acids is 1. The van der Waals surface area contributed by atoms with Gasteiger partial charge in [0, 0.05) is 36.1 Å². The first-order valence-electron chi connectivity index (χ1n) is 9.72. The molecule has 2 N–H and O–H groups in total. The summed E-state index contributed by atoms with van der Waals surface area (Å²) in [4.78, 5) is 20.7. The number of rotatable bonds is 7. The molecule has 0 atom stereocenters. The van der Waals surface area contributed by atoms with Crippen molar-refractivity contribution in [3.8, 4) is 0 Å². The predicted molar refractivity (Wildman–Crippen MR) is 135 cm³/mol. The molecular formula is C22H33IN4OS. The van der Waals surface area contributed by atoms with Crippen LogP contribution in [0.15, 0.2) is 46.8 Å². The molecule has 7 heteroatoms. The lowest BCUT2D eigenvalue weighted by Gasteiger charge is -2.22. The topological polar surface area (TPSA) is 56.7 Å². The summed E-state index contributed by atoms with van der Waals surface area (Å²) in [5, 5.41) is 8.46. The van der Waals surface area contributed by atoms with Crippen LogP contribution in [0.4, 0.5) is 0 Å². The molecule has 1 aromatic carbocycles. The molecule has 0 aliphatic heterocycles. The fourth-order valence-corrected chi connectivity index (χ4v) is 3.40. The second-order valence-electron chi connectivity index (χ2n) is 7.83. The van der Waals surface area contributed by atoms with Gasteiger partial charge in [0.15, 0.2) is 5.96 Å². The maximum absolute atomic E-state index is 12.4. The van der Waals surface area contributed by atoms with E-state index in [1.165, 1.54) is 4.88 Å². The third-order valence-electron chi connectivity index (χ3n) is 4.06. The van der Waals surface area contributed by atoms with Gasteiger partial charge in [0.25, 0.3) is 5.91 Å². The van der Waals surface area contributed by atoms with E-state index >= 15 is 0 Å². The number of hydrogen-bond donors (Lipinski definition) is 2. The normalized spacial score (nSPS) is 11.6. The first kappa shape index (κ1) is 25.4. The summed E-state index contributed by atoms with van der Waals surface area (Å²) >= 11 is 1.78. The molecule has 0 aliphatic rings. The van der Waals surface area contributed by atoms with Crippen molar-refractivity contribution in [3.05, 3.63) is 57.8 Å². The number of thiophene rings is 1. The molecule has 2 rings (SSSR count). The maximum Gasteiger partial charge on any atom is 0.251 e. The van der Waals surface area contributed by atoms with Gasteiger partial charge in [0.05, 0.1) is 6.54 Å². The van der Waals surface area contributed by atoms with Crippen molar-refractivity contribution >= 4 is 47.2 Å². The number of guanidine groups is 1. The monoisotopic (exact) mass is 528 g/mol. The number of aliphatic imine (C=N–C) groups is 1. The van der Waals surface area contributed by atoms with Crippen LogP contribution in [0.3, 0.4) is 0 Å². The van der Waals surface area contributed by atoms with Crippen LogP contribution in [0.2, 0.25) is 0 Å². The van der Waals surface area contributed by atoms with E-state index in [9.17, 15) is 4.79 Å². The van der Waals surface area contributed by atoms with E-state index in [-0.39, 0.29) is 35.4 Å². The highest BCUT2D eigenvalue weighted by Crippen LogP contribution is 2.11. The molecule has 160 valence electrons. The highest BCUT2D eigenvalue weighted by Gasteiger charge is 2.15. The molecule has 0 spiro atoms. The van der Waals surface area contributed by atoms with Gasteiger partial charge < -0.3 is 15.5 Å². The van der Waals surface area contributed by atoms with Gasteiger partial charge in [-0.2, -0.15) is 0 Å².